The standard InChI is InChI=1S/C23H32N2O3Si/c1-8-13-29(6,7)21-17(4)22(27)25(23(21,15-24)20(26)16(2)3)14-18-9-11-19(28-5)12-10-18/h8-12,17,20-21,26H,1-2,13-14H2,3-7H3/t17-,20+,21-,23-/m1/s1. The second-order valence-electron chi connectivity index (χ2n) is 8.71. The van der Waals surface area contributed by atoms with E-state index < -0.39 is 19.7 Å². The molecule has 0 aromatic heterocycles. The van der Waals surface area contributed by atoms with Gasteiger partial charge in [0, 0.05) is 18.0 Å². The molecule has 0 unspecified atom stereocenters. The number of hydrogen-bond acceptors (Lipinski definition) is 4. The minimum Gasteiger partial charge on any atom is -0.497 e. The first-order valence-corrected chi connectivity index (χ1v) is 13.1. The molecular formula is C23H32N2O3Si. The van der Waals surface area contributed by atoms with E-state index >= 15 is 0 Å². The van der Waals surface area contributed by atoms with Gasteiger partial charge in [-0.1, -0.05) is 44.8 Å². The second kappa shape index (κ2) is 8.56. The largest absolute Gasteiger partial charge is 0.497 e. The number of benzene rings is 1. The smallest absolute Gasteiger partial charge is 0.227 e. The molecule has 1 aromatic rings. The lowest BCUT2D eigenvalue weighted by atomic mass is 9.84. The first kappa shape index (κ1) is 22.9. The van der Waals surface area contributed by atoms with Crippen LogP contribution < -0.4 is 4.74 Å². The SMILES string of the molecule is C=CC[Si](C)(C)[C@@H]1[C@@H](C)C(=O)N(Cc2ccc(OC)cc2)[C@]1(C#N)[C@@H](O)C(=C)C. The zero-order valence-electron chi connectivity index (χ0n) is 18.1. The Labute approximate surface area is 175 Å². The number of aliphatic hydroxyl groups is 1. The van der Waals surface area contributed by atoms with Crippen molar-refractivity contribution in [2.24, 2.45) is 5.92 Å². The van der Waals surface area contributed by atoms with Crippen LogP contribution in [0.5, 0.6) is 5.75 Å². The number of likely N-dealkylation sites (tertiary alicyclic amines) is 1. The first-order valence-electron chi connectivity index (χ1n) is 9.86. The number of carbonyl (C=O) groups is 1. The molecule has 1 aliphatic heterocycles. The summed E-state index contributed by atoms with van der Waals surface area (Å²) < 4.78 is 5.21. The van der Waals surface area contributed by atoms with Gasteiger partial charge in [-0.05, 0) is 36.2 Å². The number of ether oxygens (including phenoxy) is 1. The summed E-state index contributed by atoms with van der Waals surface area (Å²) in [5.41, 5.74) is -0.234. The van der Waals surface area contributed by atoms with E-state index in [-0.39, 0.29) is 23.9 Å². The number of carbonyl (C=O) groups excluding carboxylic acids is 1. The molecule has 0 spiro atoms. The third kappa shape index (κ3) is 3.90. The Bertz CT molecular complexity index is 828. The Morgan fingerprint density at radius 2 is 2.03 bits per heavy atom. The summed E-state index contributed by atoms with van der Waals surface area (Å²) in [5.74, 6) is 0.265. The van der Waals surface area contributed by atoms with Crippen molar-refractivity contribution in [3.8, 4) is 11.8 Å². The van der Waals surface area contributed by atoms with Crippen LogP contribution in [0.2, 0.25) is 24.7 Å². The van der Waals surface area contributed by atoms with E-state index in [1.54, 1.807) is 18.9 Å². The summed E-state index contributed by atoms with van der Waals surface area (Å²) in [6, 6.07) is 10.6. The van der Waals surface area contributed by atoms with Gasteiger partial charge in [-0.15, -0.1) is 6.58 Å². The van der Waals surface area contributed by atoms with Gasteiger partial charge in [0.25, 0.3) is 0 Å². The van der Waals surface area contributed by atoms with Gasteiger partial charge in [-0.25, -0.2) is 0 Å². The van der Waals surface area contributed by atoms with E-state index in [9.17, 15) is 15.2 Å². The summed E-state index contributed by atoms with van der Waals surface area (Å²) in [4.78, 5) is 15.0. The molecule has 1 saturated heterocycles. The van der Waals surface area contributed by atoms with Crippen molar-refractivity contribution in [3.63, 3.8) is 0 Å². The highest BCUT2D eigenvalue weighted by molar-refractivity contribution is 6.80. The van der Waals surface area contributed by atoms with E-state index in [4.69, 9.17) is 4.74 Å². The van der Waals surface area contributed by atoms with Crippen LogP contribution in [0.3, 0.4) is 0 Å². The third-order valence-corrected chi connectivity index (χ3v) is 10.1. The van der Waals surface area contributed by atoms with Gasteiger partial charge in [0.05, 0.1) is 21.3 Å². The summed E-state index contributed by atoms with van der Waals surface area (Å²) in [6.45, 7) is 16.0. The first-order chi connectivity index (χ1) is 13.6. The van der Waals surface area contributed by atoms with Crippen molar-refractivity contribution in [1.29, 1.82) is 5.26 Å². The lowest BCUT2D eigenvalue weighted by Crippen LogP contribution is -2.59. The van der Waals surface area contributed by atoms with E-state index in [1.165, 1.54) is 0 Å². The highest BCUT2D eigenvalue weighted by atomic mass is 28.3. The molecule has 0 saturated carbocycles. The molecule has 1 aliphatic rings. The maximum absolute atomic E-state index is 13.4. The van der Waals surface area contributed by atoms with Crippen LogP contribution in [0, 0.1) is 17.2 Å². The Hall–Kier alpha value is -2.36. The number of rotatable bonds is 8. The number of nitrogens with zero attached hydrogens (tertiary/aromatic N) is 2. The summed E-state index contributed by atoms with van der Waals surface area (Å²) in [6.07, 6.45) is 0.742. The van der Waals surface area contributed by atoms with Crippen molar-refractivity contribution in [1.82, 2.24) is 4.90 Å². The minimum atomic E-state index is -2.14. The maximum atomic E-state index is 13.4. The fraction of sp³-hybridized carbons (Fsp3) is 0.478. The quantitative estimate of drug-likeness (QED) is 0.514. The van der Waals surface area contributed by atoms with E-state index in [1.807, 2.05) is 37.3 Å². The normalized spacial score (nSPS) is 25.4. The van der Waals surface area contributed by atoms with Gasteiger partial charge < -0.3 is 14.7 Å². The van der Waals surface area contributed by atoms with Gasteiger partial charge in [-0.2, -0.15) is 5.26 Å². The Morgan fingerprint density at radius 1 is 1.45 bits per heavy atom. The van der Waals surface area contributed by atoms with Gasteiger partial charge in [-0.3, -0.25) is 4.79 Å². The van der Waals surface area contributed by atoms with Crippen LogP contribution in [0.4, 0.5) is 0 Å². The molecule has 1 amide bonds. The van der Waals surface area contributed by atoms with Gasteiger partial charge in [0.1, 0.15) is 11.9 Å². The van der Waals surface area contributed by atoms with Crippen molar-refractivity contribution in [2.75, 3.05) is 7.11 Å². The van der Waals surface area contributed by atoms with Gasteiger partial charge in [0.15, 0.2) is 5.54 Å². The van der Waals surface area contributed by atoms with Crippen LogP contribution in [0.25, 0.3) is 0 Å². The van der Waals surface area contributed by atoms with Crippen molar-refractivity contribution >= 4 is 14.0 Å². The maximum Gasteiger partial charge on any atom is 0.227 e. The average molecular weight is 413 g/mol. The molecule has 6 heteroatoms. The van der Waals surface area contributed by atoms with Crippen molar-refractivity contribution in [3.05, 3.63) is 54.6 Å². The minimum absolute atomic E-state index is 0.0997. The molecule has 1 fully saturated rings. The molecule has 0 bridgehead atoms. The van der Waals surface area contributed by atoms with Gasteiger partial charge >= 0.3 is 0 Å². The monoisotopic (exact) mass is 412 g/mol. The van der Waals surface area contributed by atoms with Gasteiger partial charge in [0.2, 0.25) is 5.91 Å². The van der Waals surface area contributed by atoms with Crippen molar-refractivity contribution in [2.45, 2.75) is 56.7 Å². The highest BCUT2D eigenvalue weighted by Crippen LogP contribution is 2.53. The van der Waals surface area contributed by atoms with Crippen LogP contribution in [0.1, 0.15) is 19.4 Å². The molecule has 1 heterocycles. The fourth-order valence-corrected chi connectivity index (χ4v) is 8.96. The van der Waals surface area contributed by atoms with E-state index in [2.05, 4.69) is 32.3 Å². The summed E-state index contributed by atoms with van der Waals surface area (Å²) in [5, 5.41) is 21.6. The number of nitriles is 1. The number of hydrogen-bond donors (Lipinski definition) is 1. The number of allylic oxidation sites excluding steroid dienone is 1. The Balaban J connectivity index is 2.62. The second-order valence-corrected chi connectivity index (χ2v) is 13.7. The lowest BCUT2D eigenvalue weighted by Gasteiger charge is -2.45. The number of aliphatic hydroxyl groups excluding tert-OH is 1. The summed E-state index contributed by atoms with van der Waals surface area (Å²) in [7, 11) is -0.539. The van der Waals surface area contributed by atoms with E-state index in [0.29, 0.717) is 5.57 Å². The molecule has 29 heavy (non-hydrogen) atoms. The zero-order valence-corrected chi connectivity index (χ0v) is 19.1. The molecule has 0 aliphatic carbocycles. The molecule has 4 atom stereocenters. The third-order valence-electron chi connectivity index (χ3n) is 6.15. The van der Waals surface area contributed by atoms with Crippen LogP contribution in [0.15, 0.2) is 49.1 Å². The zero-order chi connectivity index (χ0) is 22.0. The number of methoxy groups -OCH3 is 1. The Morgan fingerprint density at radius 3 is 2.48 bits per heavy atom. The topological polar surface area (TPSA) is 73.6 Å². The molecule has 1 aromatic carbocycles. The summed E-state index contributed by atoms with van der Waals surface area (Å²) >= 11 is 0. The molecule has 156 valence electrons. The molecule has 0 radical (unpaired) electrons. The van der Waals surface area contributed by atoms with Crippen molar-refractivity contribution < 1.29 is 14.6 Å². The molecular weight excluding hydrogens is 380 g/mol. The lowest BCUT2D eigenvalue weighted by molar-refractivity contribution is -0.135. The Kier molecular flexibility index (Phi) is 6.77. The molecule has 1 N–H and O–H groups in total. The van der Waals surface area contributed by atoms with E-state index in [0.717, 1.165) is 17.4 Å². The predicted octanol–water partition coefficient (Wildman–Crippen LogP) is 4.14. The highest BCUT2D eigenvalue weighted by Gasteiger charge is 2.65. The average Bonchev–Trinajstić information content (AvgIpc) is 2.90. The van der Waals surface area contributed by atoms with Crippen LogP contribution in [-0.4, -0.2) is 42.7 Å². The fourth-order valence-electron chi connectivity index (χ4n) is 4.90. The molecule has 2 rings (SSSR count). The number of amides is 1. The van der Waals surface area contributed by atoms with Crippen LogP contribution >= 0.6 is 0 Å². The predicted molar refractivity (Wildman–Crippen MR) is 118 cm³/mol. The molecule has 5 nitrogen and oxygen atoms in total. The van der Waals surface area contributed by atoms with Crippen LogP contribution in [-0.2, 0) is 11.3 Å².